The standard InChI is InChI=1S/C14H21NO2S/c1-11(15-5-7-18-8-6-15)9-12-3-4-13(16)14(10-12)17-2/h3-4,10-11,16H,5-9H2,1-2H3. The molecule has 1 saturated heterocycles. The molecule has 1 aromatic carbocycles. The third-order valence-corrected chi connectivity index (χ3v) is 4.39. The van der Waals surface area contributed by atoms with Crippen LogP contribution >= 0.6 is 11.8 Å². The summed E-state index contributed by atoms with van der Waals surface area (Å²) in [5.41, 5.74) is 1.22. The van der Waals surface area contributed by atoms with Gasteiger partial charge in [-0.1, -0.05) is 6.07 Å². The third kappa shape index (κ3) is 3.33. The SMILES string of the molecule is COc1cc(CC(C)N2CCSCC2)ccc1O. The topological polar surface area (TPSA) is 32.7 Å². The molecule has 0 spiro atoms. The lowest BCUT2D eigenvalue weighted by molar-refractivity contribution is 0.229. The lowest BCUT2D eigenvalue weighted by Gasteiger charge is -2.32. The first kappa shape index (κ1) is 13.6. The molecule has 0 aliphatic carbocycles. The fourth-order valence-corrected chi connectivity index (χ4v) is 3.27. The Hall–Kier alpha value is -0.870. The van der Waals surface area contributed by atoms with Crippen LogP contribution in [0.15, 0.2) is 18.2 Å². The smallest absolute Gasteiger partial charge is 0.160 e. The number of hydrogen-bond donors (Lipinski definition) is 1. The van der Waals surface area contributed by atoms with Crippen LogP contribution < -0.4 is 4.74 Å². The zero-order chi connectivity index (χ0) is 13.0. The molecule has 1 heterocycles. The average molecular weight is 267 g/mol. The number of benzene rings is 1. The minimum Gasteiger partial charge on any atom is -0.504 e. The maximum Gasteiger partial charge on any atom is 0.160 e. The van der Waals surface area contributed by atoms with Crippen molar-refractivity contribution < 1.29 is 9.84 Å². The summed E-state index contributed by atoms with van der Waals surface area (Å²) >= 11 is 2.04. The minimum absolute atomic E-state index is 0.211. The van der Waals surface area contributed by atoms with Crippen molar-refractivity contribution in [2.75, 3.05) is 31.7 Å². The van der Waals surface area contributed by atoms with Crippen molar-refractivity contribution in [3.63, 3.8) is 0 Å². The van der Waals surface area contributed by atoms with Gasteiger partial charge in [-0.3, -0.25) is 4.90 Å². The van der Waals surface area contributed by atoms with Gasteiger partial charge in [0.2, 0.25) is 0 Å². The molecular formula is C14H21NO2S. The number of aromatic hydroxyl groups is 1. The first-order chi connectivity index (χ1) is 8.70. The molecule has 100 valence electrons. The number of phenols is 1. The Morgan fingerprint density at radius 3 is 2.78 bits per heavy atom. The summed E-state index contributed by atoms with van der Waals surface area (Å²) in [5, 5.41) is 9.58. The van der Waals surface area contributed by atoms with Gasteiger partial charge in [0.1, 0.15) is 0 Å². The minimum atomic E-state index is 0.211. The summed E-state index contributed by atoms with van der Waals surface area (Å²) in [5.74, 6) is 3.25. The van der Waals surface area contributed by atoms with Crippen molar-refractivity contribution >= 4 is 11.8 Å². The van der Waals surface area contributed by atoms with Gasteiger partial charge in [-0.15, -0.1) is 0 Å². The highest BCUT2D eigenvalue weighted by Crippen LogP contribution is 2.27. The van der Waals surface area contributed by atoms with Crippen LogP contribution in [0.1, 0.15) is 12.5 Å². The fraction of sp³-hybridized carbons (Fsp3) is 0.571. The van der Waals surface area contributed by atoms with Crippen LogP contribution in [0.3, 0.4) is 0 Å². The van der Waals surface area contributed by atoms with Gasteiger partial charge >= 0.3 is 0 Å². The molecule has 1 N–H and O–H groups in total. The predicted octanol–water partition coefficient (Wildman–Crippen LogP) is 2.38. The van der Waals surface area contributed by atoms with Crippen LogP contribution in [0, 0.1) is 0 Å². The Balaban J connectivity index is 1.99. The number of thioether (sulfide) groups is 1. The van der Waals surface area contributed by atoms with E-state index in [2.05, 4.69) is 11.8 Å². The van der Waals surface area contributed by atoms with E-state index < -0.39 is 0 Å². The Morgan fingerprint density at radius 1 is 1.39 bits per heavy atom. The van der Waals surface area contributed by atoms with Crippen LogP contribution in [0.2, 0.25) is 0 Å². The largest absolute Gasteiger partial charge is 0.504 e. The van der Waals surface area contributed by atoms with Gasteiger partial charge in [0.25, 0.3) is 0 Å². The molecule has 3 nitrogen and oxygen atoms in total. The highest BCUT2D eigenvalue weighted by atomic mass is 32.2. The van der Waals surface area contributed by atoms with E-state index in [-0.39, 0.29) is 5.75 Å². The van der Waals surface area contributed by atoms with Crippen LogP contribution in [0.4, 0.5) is 0 Å². The maximum absolute atomic E-state index is 9.58. The van der Waals surface area contributed by atoms with Gasteiger partial charge < -0.3 is 9.84 Å². The number of rotatable bonds is 4. The van der Waals surface area contributed by atoms with Gasteiger partial charge in [-0.25, -0.2) is 0 Å². The summed E-state index contributed by atoms with van der Waals surface area (Å²) < 4.78 is 5.15. The highest BCUT2D eigenvalue weighted by Gasteiger charge is 2.17. The number of phenolic OH excluding ortho intramolecular Hbond substituents is 1. The van der Waals surface area contributed by atoms with Gasteiger partial charge in [0.15, 0.2) is 11.5 Å². The quantitative estimate of drug-likeness (QED) is 0.908. The molecule has 1 aliphatic heterocycles. The molecule has 1 atom stereocenters. The molecule has 1 fully saturated rings. The normalized spacial score (nSPS) is 18.6. The summed E-state index contributed by atoms with van der Waals surface area (Å²) in [4.78, 5) is 2.54. The number of hydrogen-bond acceptors (Lipinski definition) is 4. The Labute approximate surface area is 113 Å². The van der Waals surface area contributed by atoms with E-state index in [0.29, 0.717) is 11.8 Å². The molecule has 1 aromatic rings. The van der Waals surface area contributed by atoms with E-state index in [4.69, 9.17) is 4.74 Å². The van der Waals surface area contributed by atoms with Crippen molar-refractivity contribution in [2.24, 2.45) is 0 Å². The summed E-state index contributed by atoms with van der Waals surface area (Å²) in [6.07, 6.45) is 1.00. The van der Waals surface area contributed by atoms with Crippen molar-refractivity contribution in [3.05, 3.63) is 23.8 Å². The second-order valence-corrected chi connectivity index (χ2v) is 5.93. The van der Waals surface area contributed by atoms with E-state index in [0.717, 1.165) is 6.42 Å². The summed E-state index contributed by atoms with van der Waals surface area (Å²) in [6.45, 7) is 4.64. The van der Waals surface area contributed by atoms with Crippen LogP contribution in [-0.4, -0.2) is 47.8 Å². The Kier molecular flexibility index (Phi) is 4.78. The molecule has 0 aromatic heterocycles. The molecule has 0 saturated carbocycles. The number of methoxy groups -OCH3 is 1. The molecule has 0 bridgehead atoms. The molecule has 2 rings (SSSR count). The molecule has 18 heavy (non-hydrogen) atoms. The number of nitrogens with zero attached hydrogens (tertiary/aromatic N) is 1. The molecule has 1 aliphatic rings. The molecule has 0 radical (unpaired) electrons. The first-order valence-electron chi connectivity index (χ1n) is 6.38. The second-order valence-electron chi connectivity index (χ2n) is 4.71. The monoisotopic (exact) mass is 267 g/mol. The van der Waals surface area contributed by atoms with Crippen molar-refractivity contribution in [1.82, 2.24) is 4.90 Å². The van der Waals surface area contributed by atoms with Gasteiger partial charge in [0.05, 0.1) is 7.11 Å². The second kappa shape index (κ2) is 6.34. The average Bonchev–Trinajstić information content (AvgIpc) is 2.42. The Morgan fingerprint density at radius 2 is 2.11 bits per heavy atom. The maximum atomic E-state index is 9.58. The Bertz CT molecular complexity index is 391. The van der Waals surface area contributed by atoms with Crippen molar-refractivity contribution in [2.45, 2.75) is 19.4 Å². The van der Waals surface area contributed by atoms with E-state index in [9.17, 15) is 5.11 Å². The molecular weight excluding hydrogens is 246 g/mol. The van der Waals surface area contributed by atoms with Gasteiger partial charge in [-0.2, -0.15) is 11.8 Å². The van der Waals surface area contributed by atoms with Crippen molar-refractivity contribution in [3.8, 4) is 11.5 Å². The summed E-state index contributed by atoms with van der Waals surface area (Å²) in [7, 11) is 1.59. The highest BCUT2D eigenvalue weighted by molar-refractivity contribution is 7.99. The van der Waals surface area contributed by atoms with Crippen LogP contribution in [0.25, 0.3) is 0 Å². The molecule has 1 unspecified atom stereocenters. The van der Waals surface area contributed by atoms with E-state index >= 15 is 0 Å². The predicted molar refractivity (Wildman–Crippen MR) is 76.7 cm³/mol. The van der Waals surface area contributed by atoms with Gasteiger partial charge in [-0.05, 0) is 31.0 Å². The van der Waals surface area contributed by atoms with E-state index in [1.54, 1.807) is 13.2 Å². The third-order valence-electron chi connectivity index (χ3n) is 3.44. The molecule has 0 amide bonds. The van der Waals surface area contributed by atoms with Crippen LogP contribution in [0.5, 0.6) is 11.5 Å². The zero-order valence-electron chi connectivity index (χ0n) is 11.1. The summed E-state index contributed by atoms with van der Waals surface area (Å²) in [6, 6.07) is 6.17. The lowest BCUT2D eigenvalue weighted by atomic mass is 10.1. The van der Waals surface area contributed by atoms with Crippen LogP contribution in [-0.2, 0) is 6.42 Å². The number of ether oxygens (including phenoxy) is 1. The first-order valence-corrected chi connectivity index (χ1v) is 7.54. The van der Waals surface area contributed by atoms with E-state index in [1.165, 1.54) is 30.2 Å². The molecule has 4 heteroatoms. The van der Waals surface area contributed by atoms with Crippen molar-refractivity contribution in [1.29, 1.82) is 0 Å². The van der Waals surface area contributed by atoms with Gasteiger partial charge in [0, 0.05) is 30.6 Å². The van der Waals surface area contributed by atoms with E-state index in [1.807, 2.05) is 23.9 Å². The fourth-order valence-electron chi connectivity index (χ4n) is 2.34. The zero-order valence-corrected chi connectivity index (χ0v) is 11.9. The lowest BCUT2D eigenvalue weighted by Crippen LogP contribution is -2.40.